The Bertz CT molecular complexity index is 437. The van der Waals surface area contributed by atoms with E-state index in [9.17, 15) is 9.59 Å². The zero-order valence-corrected chi connectivity index (χ0v) is 11.5. The van der Waals surface area contributed by atoms with E-state index in [1.807, 2.05) is 0 Å². The minimum atomic E-state index is -0.319. The van der Waals surface area contributed by atoms with Crippen LogP contribution in [-0.4, -0.2) is 23.8 Å². The van der Waals surface area contributed by atoms with Crippen molar-refractivity contribution in [1.29, 1.82) is 0 Å². The number of pyridine rings is 1. The maximum Gasteiger partial charge on any atom is 0.305 e. The average molecular weight is 321 g/mol. The first-order chi connectivity index (χ1) is 8.04. The number of esters is 1. The highest BCUT2D eigenvalue weighted by molar-refractivity contribution is 9.10. The average Bonchev–Trinajstić information content (AvgIpc) is 2.28. The van der Waals surface area contributed by atoms with Gasteiger partial charge >= 0.3 is 5.97 Å². The van der Waals surface area contributed by atoms with Gasteiger partial charge in [-0.05, 0) is 28.4 Å². The summed E-state index contributed by atoms with van der Waals surface area (Å²) in [7, 11) is 1.32. The van der Waals surface area contributed by atoms with Crippen LogP contribution in [-0.2, 0) is 9.53 Å². The number of Topliss-reactive ketones (excluding diaryl/α,β-unsaturated/α-hetero) is 1. The van der Waals surface area contributed by atoms with E-state index in [1.165, 1.54) is 13.3 Å². The van der Waals surface area contributed by atoms with E-state index in [0.717, 1.165) is 0 Å². The van der Waals surface area contributed by atoms with Gasteiger partial charge in [-0.25, -0.2) is 0 Å². The van der Waals surface area contributed by atoms with Crippen LogP contribution in [0.25, 0.3) is 0 Å². The first-order valence-corrected chi connectivity index (χ1v) is 6.12. The fourth-order valence-electron chi connectivity index (χ4n) is 1.23. The molecule has 0 fully saturated rings. The zero-order valence-electron chi connectivity index (χ0n) is 9.20. The summed E-state index contributed by atoms with van der Waals surface area (Å²) < 4.78 is 5.05. The highest BCUT2D eigenvalue weighted by Gasteiger charge is 2.12. The summed E-state index contributed by atoms with van der Waals surface area (Å²) >= 11 is 8.94. The van der Waals surface area contributed by atoms with Crippen LogP contribution in [0.15, 0.2) is 16.7 Å². The third kappa shape index (κ3) is 4.44. The molecule has 4 nitrogen and oxygen atoms in total. The molecule has 6 heteroatoms. The van der Waals surface area contributed by atoms with E-state index in [2.05, 4.69) is 25.7 Å². The Balaban J connectivity index is 2.55. The number of hydrogen-bond donors (Lipinski definition) is 0. The summed E-state index contributed by atoms with van der Waals surface area (Å²) in [4.78, 5) is 26.6. The number of carbonyl (C=O) groups is 2. The Kier molecular flexibility index (Phi) is 5.58. The van der Waals surface area contributed by atoms with E-state index in [0.29, 0.717) is 21.6 Å². The second-order valence-corrected chi connectivity index (χ2v) is 4.63. The fraction of sp³-hybridized carbons (Fsp3) is 0.364. The van der Waals surface area contributed by atoms with Crippen LogP contribution in [0.1, 0.15) is 29.8 Å². The van der Waals surface area contributed by atoms with Crippen molar-refractivity contribution >= 4 is 39.3 Å². The summed E-state index contributed by atoms with van der Waals surface area (Å²) in [6, 6.07) is 1.61. The predicted molar refractivity (Wildman–Crippen MR) is 67.1 cm³/mol. The van der Waals surface area contributed by atoms with Crippen molar-refractivity contribution in [1.82, 2.24) is 4.98 Å². The van der Waals surface area contributed by atoms with E-state index in [-0.39, 0.29) is 24.6 Å². The number of methoxy groups -OCH3 is 1. The van der Waals surface area contributed by atoms with Crippen molar-refractivity contribution in [2.45, 2.75) is 19.3 Å². The lowest BCUT2D eigenvalue weighted by molar-refractivity contribution is -0.140. The molecule has 1 aromatic heterocycles. The standard InChI is InChI=1S/C11H11BrClNO3/c1-17-10(16)4-2-3-9(15)11-8(12)5-7(13)6-14-11/h5-6H,2-4H2,1H3. The molecular weight excluding hydrogens is 309 g/mol. The first kappa shape index (κ1) is 14.1. The predicted octanol–water partition coefficient (Wildman–Crippen LogP) is 3.02. The van der Waals surface area contributed by atoms with Crippen LogP contribution >= 0.6 is 27.5 Å². The highest BCUT2D eigenvalue weighted by Crippen LogP contribution is 2.20. The second kappa shape index (κ2) is 6.71. The third-order valence-corrected chi connectivity index (χ3v) is 2.90. The lowest BCUT2D eigenvalue weighted by Crippen LogP contribution is -2.06. The molecule has 0 atom stereocenters. The molecule has 0 bridgehead atoms. The quantitative estimate of drug-likeness (QED) is 0.618. The van der Waals surface area contributed by atoms with Crippen LogP contribution in [0, 0.1) is 0 Å². The summed E-state index contributed by atoms with van der Waals surface area (Å²) in [5.74, 6) is -0.446. The molecule has 1 aromatic rings. The number of rotatable bonds is 5. The van der Waals surface area contributed by atoms with Gasteiger partial charge in [-0.3, -0.25) is 14.6 Å². The van der Waals surface area contributed by atoms with Gasteiger partial charge in [-0.1, -0.05) is 11.6 Å². The molecule has 17 heavy (non-hydrogen) atoms. The van der Waals surface area contributed by atoms with Gasteiger partial charge in [0.1, 0.15) is 5.69 Å². The summed E-state index contributed by atoms with van der Waals surface area (Å²) in [6.45, 7) is 0. The molecule has 1 heterocycles. The Morgan fingerprint density at radius 2 is 2.18 bits per heavy atom. The molecule has 0 aliphatic rings. The zero-order chi connectivity index (χ0) is 12.8. The molecule has 1 rings (SSSR count). The van der Waals surface area contributed by atoms with Gasteiger partial charge in [0.25, 0.3) is 0 Å². The number of ketones is 1. The molecule has 0 saturated heterocycles. The molecule has 0 aromatic carbocycles. The van der Waals surface area contributed by atoms with Crippen molar-refractivity contribution in [3.05, 3.63) is 27.5 Å². The van der Waals surface area contributed by atoms with Crippen LogP contribution < -0.4 is 0 Å². The highest BCUT2D eigenvalue weighted by atomic mass is 79.9. The monoisotopic (exact) mass is 319 g/mol. The topological polar surface area (TPSA) is 56.3 Å². The first-order valence-electron chi connectivity index (χ1n) is 4.95. The summed E-state index contributed by atoms with van der Waals surface area (Å²) in [5.41, 5.74) is 0.333. The number of nitrogens with zero attached hydrogens (tertiary/aromatic N) is 1. The normalized spacial score (nSPS) is 10.1. The van der Waals surface area contributed by atoms with E-state index < -0.39 is 0 Å². The van der Waals surface area contributed by atoms with E-state index >= 15 is 0 Å². The van der Waals surface area contributed by atoms with Crippen molar-refractivity contribution in [3.63, 3.8) is 0 Å². The Hall–Kier alpha value is -0.940. The molecule has 0 spiro atoms. The number of hydrogen-bond acceptors (Lipinski definition) is 4. The van der Waals surface area contributed by atoms with Crippen LogP contribution in [0.3, 0.4) is 0 Å². The van der Waals surface area contributed by atoms with Crippen LogP contribution in [0.5, 0.6) is 0 Å². The lowest BCUT2D eigenvalue weighted by Gasteiger charge is -2.03. The Morgan fingerprint density at radius 3 is 2.76 bits per heavy atom. The molecule has 0 saturated carbocycles. The van der Waals surface area contributed by atoms with Gasteiger partial charge in [-0.2, -0.15) is 0 Å². The maximum atomic E-state index is 11.8. The minimum absolute atomic E-state index is 0.127. The Morgan fingerprint density at radius 1 is 1.47 bits per heavy atom. The fourth-order valence-corrected chi connectivity index (χ4v) is 2.09. The number of aromatic nitrogens is 1. The Labute approximate surface area is 112 Å². The number of carbonyl (C=O) groups excluding carboxylic acids is 2. The number of halogens is 2. The largest absolute Gasteiger partial charge is 0.469 e. The SMILES string of the molecule is COC(=O)CCCC(=O)c1ncc(Cl)cc1Br. The second-order valence-electron chi connectivity index (χ2n) is 3.34. The van der Waals surface area contributed by atoms with Gasteiger partial charge in [0.15, 0.2) is 5.78 Å². The molecule has 0 aliphatic heterocycles. The van der Waals surface area contributed by atoms with Gasteiger partial charge < -0.3 is 4.74 Å². The molecule has 0 N–H and O–H groups in total. The molecule has 0 unspecified atom stereocenters. The molecular formula is C11H11BrClNO3. The van der Waals surface area contributed by atoms with E-state index in [4.69, 9.17) is 11.6 Å². The molecule has 0 aliphatic carbocycles. The van der Waals surface area contributed by atoms with Gasteiger partial charge in [0.05, 0.1) is 12.1 Å². The van der Waals surface area contributed by atoms with Crippen LogP contribution in [0.2, 0.25) is 5.02 Å². The molecule has 0 radical (unpaired) electrons. The lowest BCUT2D eigenvalue weighted by atomic mass is 10.1. The molecule has 0 amide bonds. The van der Waals surface area contributed by atoms with Crippen molar-refractivity contribution in [2.24, 2.45) is 0 Å². The van der Waals surface area contributed by atoms with Crippen LogP contribution in [0.4, 0.5) is 0 Å². The van der Waals surface area contributed by atoms with E-state index in [1.54, 1.807) is 6.07 Å². The summed E-state index contributed by atoms with van der Waals surface area (Å²) in [6.07, 6.45) is 2.35. The van der Waals surface area contributed by atoms with Crippen molar-refractivity contribution in [2.75, 3.05) is 7.11 Å². The van der Waals surface area contributed by atoms with Gasteiger partial charge in [0.2, 0.25) is 0 Å². The third-order valence-electron chi connectivity index (χ3n) is 2.08. The van der Waals surface area contributed by atoms with Crippen molar-refractivity contribution < 1.29 is 14.3 Å². The summed E-state index contributed by atoms with van der Waals surface area (Å²) in [5, 5.41) is 0.461. The molecule has 92 valence electrons. The smallest absolute Gasteiger partial charge is 0.305 e. The number of ether oxygens (including phenoxy) is 1. The maximum absolute atomic E-state index is 11.8. The van der Waals surface area contributed by atoms with Crippen molar-refractivity contribution in [3.8, 4) is 0 Å². The minimum Gasteiger partial charge on any atom is -0.469 e. The van der Waals surface area contributed by atoms with Gasteiger partial charge in [0, 0.05) is 23.5 Å². The van der Waals surface area contributed by atoms with Gasteiger partial charge in [-0.15, -0.1) is 0 Å².